The quantitative estimate of drug-likeness (QED) is 0.632. The topological polar surface area (TPSA) is 29.5 Å². The van der Waals surface area contributed by atoms with E-state index in [9.17, 15) is 4.79 Å². The van der Waals surface area contributed by atoms with Gasteiger partial charge < -0.3 is 9.64 Å². The Labute approximate surface area is 98.1 Å². The second-order valence-corrected chi connectivity index (χ2v) is 6.13. The van der Waals surface area contributed by atoms with Gasteiger partial charge in [-0.25, -0.2) is 0 Å². The van der Waals surface area contributed by atoms with E-state index in [0.717, 1.165) is 25.9 Å². The number of hydrogen-bond donors (Lipinski definition) is 0. The molecule has 2 atom stereocenters. The Kier molecular flexibility index (Phi) is 2.77. The summed E-state index contributed by atoms with van der Waals surface area (Å²) in [7, 11) is 0. The van der Waals surface area contributed by atoms with Crippen molar-refractivity contribution in [2.24, 2.45) is 5.92 Å². The molecular weight excluding hydrogens is 202 g/mol. The third kappa shape index (κ3) is 2.10. The Bertz CT molecular complexity index is 300. The lowest BCUT2D eigenvalue weighted by molar-refractivity contribution is -0.213. The highest BCUT2D eigenvalue weighted by molar-refractivity contribution is 5.73. The van der Waals surface area contributed by atoms with Crippen molar-refractivity contribution < 1.29 is 9.53 Å². The predicted octanol–water partition coefficient (Wildman–Crippen LogP) is 2.20. The molecule has 2 rings (SSSR count). The van der Waals surface area contributed by atoms with Crippen LogP contribution in [0.2, 0.25) is 0 Å². The van der Waals surface area contributed by atoms with Gasteiger partial charge in [-0.2, -0.15) is 0 Å². The molecule has 92 valence electrons. The number of piperidine rings is 1. The number of likely N-dealkylation sites (tertiary alicyclic amines) is 1. The summed E-state index contributed by atoms with van der Waals surface area (Å²) < 4.78 is 6.26. The van der Waals surface area contributed by atoms with E-state index in [1.807, 2.05) is 4.90 Å². The molecule has 0 radical (unpaired) electrons. The monoisotopic (exact) mass is 225 g/mol. The molecule has 2 saturated heterocycles. The van der Waals surface area contributed by atoms with E-state index < -0.39 is 0 Å². The summed E-state index contributed by atoms with van der Waals surface area (Å²) in [5.41, 5.74) is -0.0165. The maximum absolute atomic E-state index is 11.4. The largest absolute Gasteiger partial charge is 0.369 e. The zero-order chi connectivity index (χ0) is 12.0. The van der Waals surface area contributed by atoms with E-state index in [-0.39, 0.29) is 17.1 Å². The number of nitrogens with zero attached hydrogens (tertiary/aromatic N) is 1. The van der Waals surface area contributed by atoms with E-state index in [4.69, 9.17) is 4.74 Å². The predicted molar refractivity (Wildman–Crippen MR) is 63.2 cm³/mol. The molecule has 1 amide bonds. The zero-order valence-electron chi connectivity index (χ0n) is 10.9. The zero-order valence-corrected chi connectivity index (χ0v) is 10.9. The second-order valence-electron chi connectivity index (χ2n) is 6.13. The second kappa shape index (κ2) is 3.73. The number of rotatable bonds is 0. The SMILES string of the molecule is CC(=O)N1CC[C@@]2(C)OC(C)(C)CC[C@H]2C1. The smallest absolute Gasteiger partial charge is 0.219 e. The van der Waals surface area contributed by atoms with Crippen LogP contribution in [0.3, 0.4) is 0 Å². The van der Waals surface area contributed by atoms with Gasteiger partial charge in [-0.1, -0.05) is 0 Å². The van der Waals surface area contributed by atoms with Crippen molar-refractivity contribution in [3.05, 3.63) is 0 Å². The van der Waals surface area contributed by atoms with Gasteiger partial charge >= 0.3 is 0 Å². The molecular formula is C13H23NO2. The third-order valence-corrected chi connectivity index (χ3v) is 4.23. The lowest BCUT2D eigenvalue weighted by Gasteiger charge is -2.53. The molecule has 2 aliphatic rings. The van der Waals surface area contributed by atoms with Crippen molar-refractivity contribution >= 4 is 5.91 Å². The summed E-state index contributed by atoms with van der Waals surface area (Å²) in [6, 6.07) is 0. The van der Waals surface area contributed by atoms with Gasteiger partial charge in [0.1, 0.15) is 0 Å². The first-order valence-electron chi connectivity index (χ1n) is 6.28. The maximum atomic E-state index is 11.4. The molecule has 0 unspecified atom stereocenters. The van der Waals surface area contributed by atoms with Gasteiger partial charge in [-0.3, -0.25) is 4.79 Å². The van der Waals surface area contributed by atoms with Crippen LogP contribution in [0.4, 0.5) is 0 Å². The van der Waals surface area contributed by atoms with E-state index in [0.29, 0.717) is 5.92 Å². The average molecular weight is 225 g/mol. The summed E-state index contributed by atoms with van der Waals surface area (Å²) in [5.74, 6) is 0.713. The van der Waals surface area contributed by atoms with E-state index >= 15 is 0 Å². The number of carbonyl (C=O) groups excluding carboxylic acids is 1. The highest BCUT2D eigenvalue weighted by atomic mass is 16.5. The molecule has 0 spiro atoms. The Balaban J connectivity index is 2.09. The Morgan fingerprint density at radius 2 is 2.00 bits per heavy atom. The highest BCUT2D eigenvalue weighted by Gasteiger charge is 2.47. The van der Waals surface area contributed by atoms with Crippen molar-refractivity contribution in [3.63, 3.8) is 0 Å². The normalized spacial score (nSPS) is 38.0. The molecule has 0 N–H and O–H groups in total. The summed E-state index contributed by atoms with van der Waals surface area (Å²) in [6.45, 7) is 9.95. The Morgan fingerprint density at radius 3 is 2.62 bits per heavy atom. The fraction of sp³-hybridized carbons (Fsp3) is 0.923. The number of ether oxygens (including phenoxy) is 1. The molecule has 3 heteroatoms. The summed E-state index contributed by atoms with van der Waals surface area (Å²) >= 11 is 0. The van der Waals surface area contributed by atoms with Crippen molar-refractivity contribution in [1.29, 1.82) is 0 Å². The standard InChI is InChI=1S/C13H23NO2/c1-10(15)14-8-7-13(4)11(9-14)5-6-12(2,3)16-13/h11H,5-9H2,1-4H3/t11-,13+/m0/s1. The van der Waals surface area contributed by atoms with Crippen LogP contribution >= 0.6 is 0 Å². The minimum absolute atomic E-state index is 0.00361. The summed E-state index contributed by atoms with van der Waals surface area (Å²) in [5, 5.41) is 0. The number of fused-ring (bicyclic) bond motifs is 1. The first kappa shape index (κ1) is 11.9. The Hall–Kier alpha value is -0.570. The van der Waals surface area contributed by atoms with Crippen LogP contribution in [0.25, 0.3) is 0 Å². The molecule has 0 aromatic heterocycles. The van der Waals surface area contributed by atoms with Gasteiger partial charge in [0.25, 0.3) is 0 Å². The third-order valence-electron chi connectivity index (χ3n) is 4.23. The van der Waals surface area contributed by atoms with Crippen LogP contribution in [0.15, 0.2) is 0 Å². The van der Waals surface area contributed by atoms with Crippen LogP contribution in [-0.4, -0.2) is 35.1 Å². The van der Waals surface area contributed by atoms with Crippen LogP contribution in [-0.2, 0) is 9.53 Å². The number of amides is 1. The molecule has 16 heavy (non-hydrogen) atoms. The van der Waals surface area contributed by atoms with Gasteiger partial charge in [-0.05, 0) is 40.0 Å². The minimum Gasteiger partial charge on any atom is -0.369 e. The number of hydrogen-bond acceptors (Lipinski definition) is 2. The fourth-order valence-corrected chi connectivity index (χ4v) is 3.13. The summed E-state index contributed by atoms with van der Waals surface area (Å²) in [6.07, 6.45) is 3.24. The average Bonchev–Trinajstić information content (AvgIpc) is 2.14. The first-order chi connectivity index (χ1) is 7.32. The molecule has 0 aromatic carbocycles. The van der Waals surface area contributed by atoms with Gasteiger partial charge in [0.2, 0.25) is 5.91 Å². The van der Waals surface area contributed by atoms with Crippen LogP contribution in [0.5, 0.6) is 0 Å². The molecule has 0 aliphatic carbocycles. The molecule has 2 aliphatic heterocycles. The molecule has 0 aromatic rings. The van der Waals surface area contributed by atoms with Crippen LogP contribution < -0.4 is 0 Å². The molecule has 3 nitrogen and oxygen atoms in total. The van der Waals surface area contributed by atoms with Crippen molar-refractivity contribution in [2.75, 3.05) is 13.1 Å². The van der Waals surface area contributed by atoms with Gasteiger partial charge in [0, 0.05) is 25.9 Å². The van der Waals surface area contributed by atoms with Crippen molar-refractivity contribution in [3.8, 4) is 0 Å². The molecule has 0 saturated carbocycles. The van der Waals surface area contributed by atoms with E-state index in [1.54, 1.807) is 6.92 Å². The van der Waals surface area contributed by atoms with E-state index in [2.05, 4.69) is 20.8 Å². The highest BCUT2D eigenvalue weighted by Crippen LogP contribution is 2.43. The lowest BCUT2D eigenvalue weighted by Crippen LogP contribution is -2.58. The van der Waals surface area contributed by atoms with Gasteiger partial charge in [0.05, 0.1) is 11.2 Å². The fourth-order valence-electron chi connectivity index (χ4n) is 3.13. The maximum Gasteiger partial charge on any atom is 0.219 e. The van der Waals surface area contributed by atoms with Crippen LogP contribution in [0, 0.1) is 5.92 Å². The molecule has 2 fully saturated rings. The number of carbonyl (C=O) groups is 1. The minimum atomic E-state index is -0.0201. The van der Waals surface area contributed by atoms with Crippen molar-refractivity contribution in [2.45, 2.75) is 58.2 Å². The van der Waals surface area contributed by atoms with Crippen LogP contribution in [0.1, 0.15) is 47.0 Å². The molecule has 0 bridgehead atoms. The molecule has 2 heterocycles. The van der Waals surface area contributed by atoms with E-state index in [1.165, 1.54) is 6.42 Å². The van der Waals surface area contributed by atoms with Gasteiger partial charge in [-0.15, -0.1) is 0 Å². The lowest BCUT2D eigenvalue weighted by atomic mass is 9.74. The Morgan fingerprint density at radius 1 is 1.31 bits per heavy atom. The first-order valence-corrected chi connectivity index (χ1v) is 6.28. The van der Waals surface area contributed by atoms with Crippen molar-refractivity contribution in [1.82, 2.24) is 4.90 Å². The summed E-state index contributed by atoms with van der Waals surface area (Å²) in [4.78, 5) is 13.4. The van der Waals surface area contributed by atoms with Gasteiger partial charge in [0.15, 0.2) is 0 Å².